The summed E-state index contributed by atoms with van der Waals surface area (Å²) in [4.78, 5) is 22.3. The highest BCUT2D eigenvalue weighted by atomic mass is 32.2. The number of sulfonamides is 1. The molecule has 0 spiro atoms. The number of nitrogens with zero attached hydrogens (tertiary/aromatic N) is 4. The molecule has 0 fully saturated rings. The Bertz CT molecular complexity index is 1480. The zero-order chi connectivity index (χ0) is 26.0. The summed E-state index contributed by atoms with van der Waals surface area (Å²) in [5.74, 6) is -0.190. The molecule has 3 aromatic carbocycles. The van der Waals surface area contributed by atoms with E-state index >= 15 is 0 Å². The summed E-state index contributed by atoms with van der Waals surface area (Å²) < 4.78 is 29.5. The monoisotopic (exact) mass is 534 g/mol. The van der Waals surface area contributed by atoms with Gasteiger partial charge in [-0.25, -0.2) is 13.4 Å². The van der Waals surface area contributed by atoms with Crippen molar-refractivity contribution in [3.63, 3.8) is 0 Å². The number of para-hydroxylation sites is 2. The minimum Gasteiger partial charge on any atom is -0.309 e. The highest BCUT2D eigenvalue weighted by molar-refractivity contribution is 7.92. The molecule has 37 heavy (non-hydrogen) atoms. The molecule has 1 aliphatic heterocycles. The van der Waals surface area contributed by atoms with Crippen molar-refractivity contribution < 1.29 is 13.2 Å². The number of amides is 1. The fourth-order valence-electron chi connectivity index (χ4n) is 4.61. The van der Waals surface area contributed by atoms with Gasteiger partial charge in [0.1, 0.15) is 0 Å². The molecule has 0 aliphatic carbocycles. The lowest BCUT2D eigenvalue weighted by atomic mass is 10.0. The molecule has 9 heteroatoms. The van der Waals surface area contributed by atoms with E-state index in [2.05, 4.69) is 4.90 Å². The number of carbonyl (C=O) groups excluding carboxylic acids is 1. The number of aromatic nitrogens is 1. The molecule has 0 radical (unpaired) electrons. The number of carbonyl (C=O) groups is 1. The quantitative estimate of drug-likeness (QED) is 0.317. The van der Waals surface area contributed by atoms with E-state index in [1.54, 1.807) is 17.0 Å². The second kappa shape index (κ2) is 10.6. The maximum atomic E-state index is 13.6. The number of hydrogen-bond acceptors (Lipinski definition) is 6. The van der Waals surface area contributed by atoms with Gasteiger partial charge in [-0.05, 0) is 87.9 Å². The van der Waals surface area contributed by atoms with Gasteiger partial charge in [0, 0.05) is 18.7 Å². The molecule has 0 bridgehead atoms. The van der Waals surface area contributed by atoms with Gasteiger partial charge >= 0.3 is 0 Å². The Morgan fingerprint density at radius 3 is 2.46 bits per heavy atom. The van der Waals surface area contributed by atoms with Crippen LogP contribution in [0.2, 0.25) is 0 Å². The minimum atomic E-state index is -3.74. The Kier molecular flexibility index (Phi) is 7.28. The number of thiazole rings is 1. The van der Waals surface area contributed by atoms with Crippen molar-refractivity contribution in [1.82, 2.24) is 9.88 Å². The summed E-state index contributed by atoms with van der Waals surface area (Å²) in [5.41, 5.74) is 3.06. The minimum absolute atomic E-state index is 0.180. The van der Waals surface area contributed by atoms with Crippen LogP contribution < -0.4 is 9.21 Å². The molecule has 1 amide bonds. The van der Waals surface area contributed by atoms with E-state index in [0.29, 0.717) is 23.8 Å². The smallest absolute Gasteiger partial charge is 0.264 e. The van der Waals surface area contributed by atoms with E-state index in [0.717, 1.165) is 47.3 Å². The predicted octanol–water partition coefficient (Wildman–Crippen LogP) is 5.04. The van der Waals surface area contributed by atoms with Crippen molar-refractivity contribution >= 4 is 48.3 Å². The third-order valence-corrected chi connectivity index (χ3v) is 9.39. The average molecular weight is 535 g/mol. The number of rotatable bonds is 8. The fraction of sp³-hybridized carbons (Fsp3) is 0.286. The zero-order valence-corrected chi connectivity index (χ0v) is 22.6. The lowest BCUT2D eigenvalue weighted by Gasteiger charge is -2.30. The summed E-state index contributed by atoms with van der Waals surface area (Å²) >= 11 is 1.48. The normalized spacial score (nSPS) is 13.6. The molecule has 0 atom stereocenters. The van der Waals surface area contributed by atoms with Gasteiger partial charge < -0.3 is 4.90 Å². The zero-order valence-electron chi connectivity index (χ0n) is 21.0. The first-order chi connectivity index (χ1) is 17.8. The number of hydrogen-bond donors (Lipinski definition) is 0. The molecule has 0 N–H and O–H groups in total. The molecule has 1 aromatic heterocycles. The van der Waals surface area contributed by atoms with Crippen molar-refractivity contribution in [1.29, 1.82) is 0 Å². The van der Waals surface area contributed by atoms with E-state index in [1.807, 2.05) is 62.6 Å². The topological polar surface area (TPSA) is 73.8 Å². The van der Waals surface area contributed by atoms with E-state index in [9.17, 15) is 13.2 Å². The molecule has 0 saturated heterocycles. The van der Waals surface area contributed by atoms with Crippen LogP contribution in [0.4, 0.5) is 10.8 Å². The van der Waals surface area contributed by atoms with Gasteiger partial charge in [-0.1, -0.05) is 41.7 Å². The Balaban J connectivity index is 1.42. The molecule has 192 valence electrons. The Morgan fingerprint density at radius 2 is 1.70 bits per heavy atom. The highest BCUT2D eigenvalue weighted by Gasteiger charge is 2.29. The van der Waals surface area contributed by atoms with E-state index in [1.165, 1.54) is 27.8 Å². The molecule has 1 aliphatic rings. The Labute approximate surface area is 222 Å². The Morgan fingerprint density at radius 1 is 0.973 bits per heavy atom. The maximum Gasteiger partial charge on any atom is 0.264 e. The van der Waals surface area contributed by atoms with Crippen LogP contribution in [-0.2, 0) is 16.4 Å². The van der Waals surface area contributed by atoms with Crippen LogP contribution in [0.25, 0.3) is 10.2 Å². The third-order valence-electron chi connectivity index (χ3n) is 6.50. The van der Waals surface area contributed by atoms with Crippen LogP contribution in [0.15, 0.2) is 77.7 Å². The summed E-state index contributed by atoms with van der Waals surface area (Å²) in [6, 6.07) is 21.8. The number of fused-ring (bicyclic) bond motifs is 2. The SMILES string of the molecule is CN(C)CCCN(C(=O)c1ccc(S(=O)(=O)N2CCCc3ccccc32)cc1)c1nc2ccccc2s1. The summed E-state index contributed by atoms with van der Waals surface area (Å²) in [6.07, 6.45) is 2.43. The summed E-state index contributed by atoms with van der Waals surface area (Å²) in [6.45, 7) is 1.79. The molecule has 0 unspecified atom stereocenters. The van der Waals surface area contributed by atoms with Crippen LogP contribution in [-0.4, -0.2) is 57.9 Å². The second-order valence-electron chi connectivity index (χ2n) is 9.41. The van der Waals surface area contributed by atoms with Crippen molar-refractivity contribution in [3.05, 3.63) is 83.9 Å². The number of benzene rings is 3. The lowest BCUT2D eigenvalue weighted by molar-refractivity contribution is 0.0986. The van der Waals surface area contributed by atoms with Crippen LogP contribution in [0.1, 0.15) is 28.8 Å². The lowest BCUT2D eigenvalue weighted by Crippen LogP contribution is -2.35. The summed E-state index contributed by atoms with van der Waals surface area (Å²) in [7, 11) is 0.269. The molecule has 7 nitrogen and oxygen atoms in total. The van der Waals surface area contributed by atoms with E-state index < -0.39 is 10.0 Å². The van der Waals surface area contributed by atoms with Crippen LogP contribution in [0.3, 0.4) is 0 Å². The van der Waals surface area contributed by atoms with Gasteiger partial charge in [-0.2, -0.15) is 0 Å². The number of anilines is 2. The molecule has 2 heterocycles. The fourth-order valence-corrected chi connectivity index (χ4v) is 7.14. The first-order valence-electron chi connectivity index (χ1n) is 12.4. The highest BCUT2D eigenvalue weighted by Crippen LogP contribution is 2.33. The first kappa shape index (κ1) is 25.4. The largest absolute Gasteiger partial charge is 0.309 e. The molecule has 5 rings (SSSR count). The maximum absolute atomic E-state index is 13.6. The second-order valence-corrected chi connectivity index (χ2v) is 12.3. The molecular formula is C28H30N4O3S2. The predicted molar refractivity (Wildman–Crippen MR) is 150 cm³/mol. The average Bonchev–Trinajstić information content (AvgIpc) is 3.34. The van der Waals surface area contributed by atoms with E-state index in [-0.39, 0.29) is 10.8 Å². The van der Waals surface area contributed by atoms with Crippen LogP contribution in [0.5, 0.6) is 0 Å². The first-order valence-corrected chi connectivity index (χ1v) is 14.6. The standard InChI is InChI=1S/C28H30N4O3S2/c1-30(2)18-8-19-31(28-29-24-11-4-6-13-26(24)36-28)27(33)22-14-16-23(17-15-22)37(34,35)32-20-7-10-21-9-3-5-12-25(21)32/h3-6,9,11-17H,7-8,10,18-20H2,1-2H3. The van der Waals surface area contributed by atoms with Gasteiger partial charge in [0.05, 0.1) is 20.8 Å². The van der Waals surface area contributed by atoms with Crippen molar-refractivity contribution in [2.75, 3.05) is 42.9 Å². The number of aryl methyl sites for hydroxylation is 1. The molecule has 4 aromatic rings. The van der Waals surface area contributed by atoms with Gasteiger partial charge in [0.15, 0.2) is 5.13 Å². The molecular weight excluding hydrogens is 504 g/mol. The van der Waals surface area contributed by atoms with E-state index in [4.69, 9.17) is 4.98 Å². The van der Waals surface area contributed by atoms with Crippen molar-refractivity contribution in [2.24, 2.45) is 0 Å². The van der Waals surface area contributed by atoms with Crippen LogP contribution >= 0.6 is 11.3 Å². The van der Waals surface area contributed by atoms with Crippen molar-refractivity contribution in [2.45, 2.75) is 24.2 Å². The van der Waals surface area contributed by atoms with Gasteiger partial charge in [-0.15, -0.1) is 0 Å². The van der Waals surface area contributed by atoms with Gasteiger partial charge in [-0.3, -0.25) is 14.0 Å². The summed E-state index contributed by atoms with van der Waals surface area (Å²) in [5, 5.41) is 0.645. The third kappa shape index (κ3) is 5.25. The van der Waals surface area contributed by atoms with Gasteiger partial charge in [0.2, 0.25) is 0 Å². The molecule has 0 saturated carbocycles. The van der Waals surface area contributed by atoms with Crippen LogP contribution in [0, 0.1) is 0 Å². The van der Waals surface area contributed by atoms with Crippen molar-refractivity contribution in [3.8, 4) is 0 Å². The van der Waals surface area contributed by atoms with Gasteiger partial charge in [0.25, 0.3) is 15.9 Å². The Hall–Kier alpha value is -3.27.